The summed E-state index contributed by atoms with van der Waals surface area (Å²) in [4.78, 5) is 23.4. The van der Waals surface area contributed by atoms with E-state index in [1.165, 1.54) is 19.1 Å². The molecule has 1 aromatic carbocycles. The molecule has 1 aromatic rings. The van der Waals surface area contributed by atoms with Gasteiger partial charge in [0.05, 0.1) is 5.02 Å². The summed E-state index contributed by atoms with van der Waals surface area (Å²) in [6.07, 6.45) is -0.692. The van der Waals surface area contributed by atoms with Crippen LogP contribution in [-0.4, -0.2) is 23.6 Å². The number of benzene rings is 1. The zero-order chi connectivity index (χ0) is 16.2. The van der Waals surface area contributed by atoms with Crippen molar-refractivity contribution < 1.29 is 18.7 Å². The molecular weight excluding hydrogens is 299 g/mol. The van der Waals surface area contributed by atoms with Crippen LogP contribution in [0.4, 0.5) is 14.9 Å². The summed E-state index contributed by atoms with van der Waals surface area (Å²) in [6.45, 7) is 6.66. The van der Waals surface area contributed by atoms with E-state index in [0.717, 1.165) is 6.07 Å². The van der Waals surface area contributed by atoms with E-state index in [9.17, 15) is 14.0 Å². The normalized spacial score (nSPS) is 12.5. The maximum Gasteiger partial charge on any atom is 0.408 e. The molecule has 0 heterocycles. The molecule has 21 heavy (non-hydrogen) atoms. The molecule has 116 valence electrons. The third-order valence-electron chi connectivity index (χ3n) is 2.31. The third-order valence-corrected chi connectivity index (χ3v) is 2.60. The number of ether oxygens (including phenoxy) is 1. The maximum atomic E-state index is 13.0. The standard InChI is InChI=1S/C14H18ClFN2O3/c1-8(17-13(20)21-14(2,3)4)12(19)18-9-5-6-11(16)10(15)7-9/h5-8H,1-4H3,(H,17,20)(H,18,19)/t8-/m0/s1. The predicted molar refractivity (Wildman–Crippen MR) is 78.9 cm³/mol. The Kier molecular flexibility index (Phi) is 5.54. The Morgan fingerprint density at radius 3 is 2.48 bits per heavy atom. The van der Waals surface area contributed by atoms with Gasteiger partial charge in [-0.2, -0.15) is 0 Å². The van der Waals surface area contributed by atoms with Crippen LogP contribution in [-0.2, 0) is 9.53 Å². The average molecular weight is 317 g/mol. The first-order valence-electron chi connectivity index (χ1n) is 6.34. The fourth-order valence-electron chi connectivity index (χ4n) is 1.37. The Morgan fingerprint density at radius 2 is 1.95 bits per heavy atom. The monoisotopic (exact) mass is 316 g/mol. The minimum Gasteiger partial charge on any atom is -0.444 e. The molecule has 0 saturated carbocycles. The van der Waals surface area contributed by atoms with Crippen LogP contribution in [0, 0.1) is 5.82 Å². The molecule has 0 saturated heterocycles. The molecule has 0 aliphatic carbocycles. The Labute approximate surface area is 127 Å². The van der Waals surface area contributed by atoms with Crippen molar-refractivity contribution in [1.29, 1.82) is 0 Å². The summed E-state index contributed by atoms with van der Waals surface area (Å²) < 4.78 is 18.0. The lowest BCUT2D eigenvalue weighted by Crippen LogP contribution is -2.43. The number of hydrogen-bond acceptors (Lipinski definition) is 3. The van der Waals surface area contributed by atoms with Gasteiger partial charge in [0.15, 0.2) is 0 Å². The fourth-order valence-corrected chi connectivity index (χ4v) is 1.55. The van der Waals surface area contributed by atoms with Gasteiger partial charge in [0.2, 0.25) is 5.91 Å². The van der Waals surface area contributed by atoms with Crippen LogP contribution in [0.25, 0.3) is 0 Å². The van der Waals surface area contributed by atoms with Gasteiger partial charge in [0.25, 0.3) is 0 Å². The summed E-state index contributed by atoms with van der Waals surface area (Å²) in [5.74, 6) is -1.04. The molecular formula is C14H18ClFN2O3. The lowest BCUT2D eigenvalue weighted by atomic mass is 10.2. The highest BCUT2D eigenvalue weighted by molar-refractivity contribution is 6.31. The van der Waals surface area contributed by atoms with Crippen molar-refractivity contribution in [3.8, 4) is 0 Å². The molecule has 0 aliphatic rings. The molecule has 1 atom stereocenters. The van der Waals surface area contributed by atoms with Crippen molar-refractivity contribution in [3.05, 3.63) is 29.0 Å². The molecule has 0 aromatic heterocycles. The largest absolute Gasteiger partial charge is 0.444 e. The molecule has 0 fully saturated rings. The van der Waals surface area contributed by atoms with Gasteiger partial charge in [0.1, 0.15) is 17.5 Å². The Hall–Kier alpha value is -1.82. The number of hydrogen-bond donors (Lipinski definition) is 2. The molecule has 2 amide bonds. The second-order valence-corrected chi connectivity index (χ2v) is 5.89. The van der Waals surface area contributed by atoms with E-state index in [0.29, 0.717) is 5.69 Å². The number of carbonyl (C=O) groups is 2. The predicted octanol–water partition coefficient (Wildman–Crippen LogP) is 3.33. The summed E-state index contributed by atoms with van der Waals surface area (Å²) in [5, 5.41) is 4.82. The smallest absolute Gasteiger partial charge is 0.408 e. The molecule has 7 heteroatoms. The zero-order valence-corrected chi connectivity index (χ0v) is 13.0. The number of carbonyl (C=O) groups excluding carboxylic acids is 2. The number of anilines is 1. The van der Waals surface area contributed by atoms with Gasteiger partial charge in [-0.3, -0.25) is 4.79 Å². The number of alkyl carbamates (subject to hydrolysis) is 1. The lowest BCUT2D eigenvalue weighted by molar-refractivity contribution is -0.117. The van der Waals surface area contributed by atoms with Crippen LogP contribution < -0.4 is 10.6 Å². The van der Waals surface area contributed by atoms with E-state index in [1.54, 1.807) is 20.8 Å². The van der Waals surface area contributed by atoms with Gasteiger partial charge < -0.3 is 15.4 Å². The van der Waals surface area contributed by atoms with Gasteiger partial charge in [0, 0.05) is 5.69 Å². The number of halogens is 2. The highest BCUT2D eigenvalue weighted by atomic mass is 35.5. The fraction of sp³-hybridized carbons (Fsp3) is 0.429. The zero-order valence-electron chi connectivity index (χ0n) is 12.3. The first-order valence-corrected chi connectivity index (χ1v) is 6.72. The first kappa shape index (κ1) is 17.2. The summed E-state index contributed by atoms with van der Waals surface area (Å²) >= 11 is 5.62. The van der Waals surface area contributed by atoms with Gasteiger partial charge in [-0.1, -0.05) is 11.6 Å². The summed E-state index contributed by atoms with van der Waals surface area (Å²) in [7, 11) is 0. The number of rotatable bonds is 3. The van der Waals surface area contributed by atoms with E-state index in [2.05, 4.69) is 10.6 Å². The Morgan fingerprint density at radius 1 is 1.33 bits per heavy atom. The third kappa shape index (κ3) is 5.99. The molecule has 1 rings (SSSR count). The Balaban J connectivity index is 2.58. The summed E-state index contributed by atoms with van der Waals surface area (Å²) in [6, 6.07) is 2.99. The van der Waals surface area contributed by atoms with Crippen molar-refractivity contribution in [3.63, 3.8) is 0 Å². The SMILES string of the molecule is C[C@H](NC(=O)OC(C)(C)C)C(=O)Nc1ccc(F)c(Cl)c1. The van der Waals surface area contributed by atoms with Crippen LogP contribution in [0.1, 0.15) is 27.7 Å². The van der Waals surface area contributed by atoms with Crippen molar-refractivity contribution >= 4 is 29.3 Å². The maximum absolute atomic E-state index is 13.0. The van der Waals surface area contributed by atoms with Gasteiger partial charge in [-0.05, 0) is 45.9 Å². The quantitative estimate of drug-likeness (QED) is 0.898. The Bertz CT molecular complexity index is 544. The highest BCUT2D eigenvalue weighted by Crippen LogP contribution is 2.19. The van der Waals surface area contributed by atoms with Crippen molar-refractivity contribution in [2.24, 2.45) is 0 Å². The second-order valence-electron chi connectivity index (χ2n) is 5.49. The molecule has 0 spiro atoms. The van der Waals surface area contributed by atoms with E-state index in [-0.39, 0.29) is 5.02 Å². The average Bonchev–Trinajstić information content (AvgIpc) is 2.31. The van der Waals surface area contributed by atoms with Crippen LogP contribution in [0.3, 0.4) is 0 Å². The molecule has 0 bridgehead atoms. The molecule has 0 radical (unpaired) electrons. The highest BCUT2D eigenvalue weighted by Gasteiger charge is 2.21. The second kappa shape index (κ2) is 6.76. The summed E-state index contributed by atoms with van der Waals surface area (Å²) in [5.41, 5.74) is -0.311. The van der Waals surface area contributed by atoms with E-state index in [1.807, 2.05) is 0 Å². The van der Waals surface area contributed by atoms with E-state index in [4.69, 9.17) is 16.3 Å². The van der Waals surface area contributed by atoms with Crippen LogP contribution in [0.15, 0.2) is 18.2 Å². The minimum atomic E-state index is -0.816. The van der Waals surface area contributed by atoms with Crippen LogP contribution >= 0.6 is 11.6 Å². The lowest BCUT2D eigenvalue weighted by Gasteiger charge is -2.21. The molecule has 0 aliphatic heterocycles. The van der Waals surface area contributed by atoms with Gasteiger partial charge >= 0.3 is 6.09 Å². The minimum absolute atomic E-state index is 0.0967. The molecule has 0 unspecified atom stereocenters. The number of nitrogens with one attached hydrogen (secondary N) is 2. The van der Waals surface area contributed by atoms with E-state index >= 15 is 0 Å². The van der Waals surface area contributed by atoms with Gasteiger partial charge in [-0.15, -0.1) is 0 Å². The topological polar surface area (TPSA) is 67.4 Å². The van der Waals surface area contributed by atoms with Crippen molar-refractivity contribution in [1.82, 2.24) is 5.32 Å². The van der Waals surface area contributed by atoms with Gasteiger partial charge in [-0.25, -0.2) is 9.18 Å². The van der Waals surface area contributed by atoms with Crippen molar-refractivity contribution in [2.75, 3.05) is 5.32 Å². The first-order chi connectivity index (χ1) is 9.58. The van der Waals surface area contributed by atoms with E-state index < -0.39 is 29.5 Å². The molecule has 2 N–H and O–H groups in total. The van der Waals surface area contributed by atoms with Crippen LogP contribution in [0.5, 0.6) is 0 Å². The van der Waals surface area contributed by atoms with Crippen LogP contribution in [0.2, 0.25) is 5.02 Å². The van der Waals surface area contributed by atoms with Crippen molar-refractivity contribution in [2.45, 2.75) is 39.3 Å². The number of amides is 2. The molecule has 5 nitrogen and oxygen atoms in total.